The predicted molar refractivity (Wildman–Crippen MR) is 111 cm³/mol. The van der Waals surface area contributed by atoms with Crippen LogP contribution >= 0.6 is 0 Å². The van der Waals surface area contributed by atoms with E-state index in [1.165, 1.54) is 38.8 Å². The van der Waals surface area contributed by atoms with Gasteiger partial charge in [0.25, 0.3) is 0 Å². The lowest BCUT2D eigenvalue weighted by molar-refractivity contribution is 0.189. The Hall–Kier alpha value is -1.82. The SMILES string of the molecule is CC1CCN(CCCCNC(=O)NCc2cccnc2OC2CCCC2)CC1. The molecule has 0 aromatic carbocycles. The van der Waals surface area contributed by atoms with Gasteiger partial charge in [0.1, 0.15) is 6.10 Å². The van der Waals surface area contributed by atoms with Crippen LogP contribution in [-0.2, 0) is 6.54 Å². The summed E-state index contributed by atoms with van der Waals surface area (Å²) in [5, 5.41) is 5.89. The smallest absolute Gasteiger partial charge is 0.315 e. The number of hydrogen-bond donors (Lipinski definition) is 2. The highest BCUT2D eigenvalue weighted by Crippen LogP contribution is 2.24. The number of rotatable bonds is 9. The van der Waals surface area contributed by atoms with E-state index in [-0.39, 0.29) is 12.1 Å². The Kier molecular flexibility index (Phi) is 8.40. The minimum Gasteiger partial charge on any atom is -0.474 e. The topological polar surface area (TPSA) is 66.5 Å². The standard InChI is InChI=1S/C22H36N4O2/c1-18-10-15-26(16-11-18)14-5-4-12-24-22(27)25-17-19-7-6-13-23-21(19)28-20-8-2-3-9-20/h6-7,13,18,20H,2-5,8-12,14-17H2,1H3,(H2,24,25,27). The van der Waals surface area contributed by atoms with E-state index < -0.39 is 0 Å². The lowest BCUT2D eigenvalue weighted by Gasteiger charge is -2.30. The molecule has 0 bridgehead atoms. The average Bonchev–Trinajstić information content (AvgIpc) is 3.21. The van der Waals surface area contributed by atoms with Crippen LogP contribution in [0.5, 0.6) is 5.88 Å². The van der Waals surface area contributed by atoms with Gasteiger partial charge in [-0.1, -0.05) is 13.0 Å². The molecule has 2 heterocycles. The second kappa shape index (κ2) is 11.2. The van der Waals surface area contributed by atoms with E-state index in [1.807, 2.05) is 12.1 Å². The molecule has 1 aliphatic carbocycles. The average molecular weight is 389 g/mol. The van der Waals surface area contributed by atoms with E-state index in [0.717, 1.165) is 43.7 Å². The second-order valence-corrected chi connectivity index (χ2v) is 8.33. The van der Waals surface area contributed by atoms with Gasteiger partial charge in [-0.2, -0.15) is 0 Å². The second-order valence-electron chi connectivity index (χ2n) is 8.33. The van der Waals surface area contributed by atoms with Gasteiger partial charge >= 0.3 is 6.03 Å². The number of hydrogen-bond acceptors (Lipinski definition) is 4. The Labute approximate surface area is 169 Å². The van der Waals surface area contributed by atoms with Crippen molar-refractivity contribution < 1.29 is 9.53 Å². The molecule has 1 saturated carbocycles. The summed E-state index contributed by atoms with van der Waals surface area (Å²) in [5.41, 5.74) is 0.934. The van der Waals surface area contributed by atoms with Crippen molar-refractivity contribution in [1.82, 2.24) is 20.5 Å². The van der Waals surface area contributed by atoms with Crippen LogP contribution in [0.4, 0.5) is 4.79 Å². The molecule has 6 heteroatoms. The first kappa shape index (κ1) is 20.9. The van der Waals surface area contributed by atoms with Gasteiger partial charge in [0, 0.05) is 24.8 Å². The van der Waals surface area contributed by atoms with Gasteiger partial charge in [-0.15, -0.1) is 0 Å². The molecule has 0 spiro atoms. The fourth-order valence-corrected chi connectivity index (χ4v) is 4.01. The largest absolute Gasteiger partial charge is 0.474 e. The summed E-state index contributed by atoms with van der Waals surface area (Å²) in [6.45, 7) is 7.10. The summed E-state index contributed by atoms with van der Waals surface area (Å²) in [5.74, 6) is 1.54. The van der Waals surface area contributed by atoms with Crippen molar-refractivity contribution in [3.8, 4) is 5.88 Å². The molecule has 0 radical (unpaired) electrons. The minimum atomic E-state index is -0.123. The Balaban J connectivity index is 1.29. The third-order valence-electron chi connectivity index (χ3n) is 5.93. The van der Waals surface area contributed by atoms with E-state index >= 15 is 0 Å². The van der Waals surface area contributed by atoms with Crippen LogP contribution in [0.1, 0.15) is 63.9 Å². The lowest BCUT2D eigenvalue weighted by Crippen LogP contribution is -2.36. The van der Waals surface area contributed by atoms with Gasteiger partial charge in [0.15, 0.2) is 0 Å². The van der Waals surface area contributed by atoms with Gasteiger partial charge in [-0.05, 0) is 83.0 Å². The zero-order chi connectivity index (χ0) is 19.6. The van der Waals surface area contributed by atoms with Crippen LogP contribution in [0.25, 0.3) is 0 Å². The molecule has 1 saturated heterocycles. The number of carbonyl (C=O) groups excluding carboxylic acids is 1. The molecule has 1 aromatic heterocycles. The molecule has 28 heavy (non-hydrogen) atoms. The Morgan fingerprint density at radius 2 is 1.96 bits per heavy atom. The van der Waals surface area contributed by atoms with Gasteiger partial charge in [0.2, 0.25) is 5.88 Å². The maximum absolute atomic E-state index is 12.1. The number of piperidine rings is 1. The monoisotopic (exact) mass is 388 g/mol. The summed E-state index contributed by atoms with van der Waals surface area (Å²) in [6, 6.07) is 3.73. The summed E-state index contributed by atoms with van der Waals surface area (Å²) in [6.07, 6.45) is 11.5. The third-order valence-corrected chi connectivity index (χ3v) is 5.93. The summed E-state index contributed by atoms with van der Waals surface area (Å²) >= 11 is 0. The van der Waals surface area contributed by atoms with Crippen molar-refractivity contribution in [2.45, 2.75) is 70.9 Å². The zero-order valence-corrected chi connectivity index (χ0v) is 17.3. The lowest BCUT2D eigenvalue weighted by atomic mass is 9.99. The number of urea groups is 1. The highest BCUT2D eigenvalue weighted by atomic mass is 16.5. The van der Waals surface area contributed by atoms with E-state index in [1.54, 1.807) is 6.20 Å². The number of aromatic nitrogens is 1. The highest BCUT2D eigenvalue weighted by Gasteiger charge is 2.19. The van der Waals surface area contributed by atoms with Crippen LogP contribution in [0.2, 0.25) is 0 Å². The van der Waals surface area contributed by atoms with Gasteiger partial charge in [-0.3, -0.25) is 0 Å². The van der Waals surface area contributed by atoms with E-state index in [9.17, 15) is 4.79 Å². The molecular formula is C22H36N4O2. The Morgan fingerprint density at radius 3 is 2.75 bits per heavy atom. The van der Waals surface area contributed by atoms with Crippen molar-refractivity contribution in [3.63, 3.8) is 0 Å². The number of pyridine rings is 1. The predicted octanol–water partition coefficient (Wildman–Crippen LogP) is 3.71. The number of amides is 2. The molecule has 2 fully saturated rings. The highest BCUT2D eigenvalue weighted by molar-refractivity contribution is 5.73. The summed E-state index contributed by atoms with van der Waals surface area (Å²) in [4.78, 5) is 19.0. The van der Waals surface area contributed by atoms with Crippen molar-refractivity contribution in [2.24, 2.45) is 5.92 Å². The van der Waals surface area contributed by atoms with Crippen LogP contribution in [0.3, 0.4) is 0 Å². The van der Waals surface area contributed by atoms with Crippen molar-refractivity contribution in [1.29, 1.82) is 0 Å². The van der Waals surface area contributed by atoms with E-state index in [4.69, 9.17) is 4.74 Å². The molecule has 2 N–H and O–H groups in total. The molecule has 1 aliphatic heterocycles. The van der Waals surface area contributed by atoms with Gasteiger partial charge in [-0.25, -0.2) is 9.78 Å². The maximum atomic E-state index is 12.1. The first-order valence-electron chi connectivity index (χ1n) is 11.1. The van der Waals surface area contributed by atoms with Crippen LogP contribution < -0.4 is 15.4 Å². The molecule has 6 nitrogen and oxygen atoms in total. The van der Waals surface area contributed by atoms with Crippen molar-refractivity contribution in [3.05, 3.63) is 23.9 Å². The van der Waals surface area contributed by atoms with Crippen molar-refractivity contribution in [2.75, 3.05) is 26.2 Å². The van der Waals surface area contributed by atoms with E-state index in [0.29, 0.717) is 19.0 Å². The normalized spacial score (nSPS) is 18.9. The van der Waals surface area contributed by atoms with Crippen LogP contribution in [0.15, 0.2) is 18.3 Å². The Bertz CT molecular complexity index is 596. The minimum absolute atomic E-state index is 0.123. The first-order chi connectivity index (χ1) is 13.7. The maximum Gasteiger partial charge on any atom is 0.315 e. The number of likely N-dealkylation sites (tertiary alicyclic amines) is 1. The van der Waals surface area contributed by atoms with Gasteiger partial charge < -0.3 is 20.3 Å². The zero-order valence-electron chi connectivity index (χ0n) is 17.3. The fourth-order valence-electron chi connectivity index (χ4n) is 4.01. The third kappa shape index (κ3) is 6.97. The van der Waals surface area contributed by atoms with Gasteiger partial charge in [0.05, 0.1) is 0 Å². The summed E-state index contributed by atoms with van der Waals surface area (Å²) in [7, 11) is 0. The molecule has 0 unspecified atom stereocenters. The molecule has 0 atom stereocenters. The number of unbranched alkanes of at least 4 members (excludes halogenated alkanes) is 1. The molecule has 2 amide bonds. The van der Waals surface area contributed by atoms with E-state index in [2.05, 4.69) is 27.4 Å². The first-order valence-corrected chi connectivity index (χ1v) is 11.1. The number of ether oxygens (including phenoxy) is 1. The molecule has 156 valence electrons. The Morgan fingerprint density at radius 1 is 1.18 bits per heavy atom. The quantitative estimate of drug-likeness (QED) is 0.633. The fraction of sp³-hybridized carbons (Fsp3) is 0.727. The molecule has 2 aliphatic rings. The van der Waals surface area contributed by atoms with Crippen molar-refractivity contribution >= 4 is 6.03 Å². The van der Waals surface area contributed by atoms with Crippen LogP contribution in [-0.4, -0.2) is 48.2 Å². The number of nitrogens with one attached hydrogen (secondary N) is 2. The molecule has 1 aromatic rings. The number of carbonyl (C=O) groups is 1. The molecular weight excluding hydrogens is 352 g/mol. The summed E-state index contributed by atoms with van der Waals surface area (Å²) < 4.78 is 6.03. The molecule has 3 rings (SSSR count). The van der Waals surface area contributed by atoms with Crippen LogP contribution in [0, 0.1) is 5.92 Å². The number of nitrogens with zero attached hydrogens (tertiary/aromatic N) is 2.